The van der Waals surface area contributed by atoms with Crippen LogP contribution >= 0.6 is 12.6 Å². The molecule has 0 amide bonds. The van der Waals surface area contributed by atoms with Crippen LogP contribution in [-0.4, -0.2) is 43.0 Å². The van der Waals surface area contributed by atoms with Crippen LogP contribution in [0.1, 0.15) is 13.3 Å². The van der Waals surface area contributed by atoms with E-state index in [2.05, 4.69) is 30.5 Å². The van der Waals surface area contributed by atoms with Gasteiger partial charge >= 0.3 is 0 Å². The quantitative estimate of drug-likeness (QED) is 0.714. The normalized spacial score (nSPS) is 25.6. The smallest absolute Gasteiger partial charge is 0.156 e. The van der Waals surface area contributed by atoms with Crippen molar-refractivity contribution in [2.24, 2.45) is 5.92 Å². The Balaban J connectivity index is 2.33. The van der Waals surface area contributed by atoms with E-state index >= 15 is 0 Å². The Hall–Kier alpha value is -0.240. The van der Waals surface area contributed by atoms with E-state index in [0.29, 0.717) is 12.5 Å². The highest BCUT2D eigenvalue weighted by molar-refractivity contribution is 7.80. The van der Waals surface area contributed by atoms with Crippen LogP contribution in [0.5, 0.6) is 0 Å². The van der Waals surface area contributed by atoms with Crippen LogP contribution in [0.15, 0.2) is 0 Å². The summed E-state index contributed by atoms with van der Waals surface area (Å²) in [5, 5.41) is 8.74. The molecular formula is C10H18N2OS. The van der Waals surface area contributed by atoms with Crippen LogP contribution in [0, 0.1) is 17.2 Å². The number of nitrogens with zero attached hydrogens (tertiary/aromatic N) is 2. The second-order valence-corrected chi connectivity index (χ2v) is 4.07. The molecule has 0 radical (unpaired) electrons. The van der Waals surface area contributed by atoms with E-state index in [1.165, 1.54) is 0 Å². The van der Waals surface area contributed by atoms with Gasteiger partial charge in [0.2, 0.25) is 0 Å². The highest BCUT2D eigenvalue weighted by Gasteiger charge is 2.21. The second-order valence-electron chi connectivity index (χ2n) is 3.70. The molecule has 0 saturated carbocycles. The molecule has 1 saturated heterocycles. The average Bonchev–Trinajstić information content (AvgIpc) is 2.26. The van der Waals surface area contributed by atoms with Crippen molar-refractivity contribution in [2.45, 2.75) is 19.4 Å². The second kappa shape index (κ2) is 6.28. The molecule has 0 aliphatic carbocycles. The molecule has 2 unspecified atom stereocenters. The molecule has 0 aromatic heterocycles. The van der Waals surface area contributed by atoms with Gasteiger partial charge in [0.05, 0.1) is 12.7 Å². The minimum absolute atomic E-state index is 0.235. The lowest BCUT2D eigenvalue weighted by Crippen LogP contribution is -2.44. The lowest BCUT2D eigenvalue weighted by Gasteiger charge is -2.31. The summed E-state index contributed by atoms with van der Waals surface area (Å²) in [5.41, 5.74) is 0. The van der Waals surface area contributed by atoms with Gasteiger partial charge in [-0.05, 0) is 11.7 Å². The Bertz CT molecular complexity index is 201. The summed E-state index contributed by atoms with van der Waals surface area (Å²) in [5.74, 6) is 1.56. The summed E-state index contributed by atoms with van der Waals surface area (Å²) >= 11 is 4.32. The van der Waals surface area contributed by atoms with E-state index in [1.54, 1.807) is 0 Å². The molecule has 80 valence electrons. The Morgan fingerprint density at radius 1 is 1.71 bits per heavy atom. The zero-order valence-electron chi connectivity index (χ0n) is 8.65. The number of thiol groups is 1. The monoisotopic (exact) mass is 214 g/mol. The summed E-state index contributed by atoms with van der Waals surface area (Å²) in [6, 6.07) is 2.16. The topological polar surface area (TPSA) is 36.3 Å². The minimum atomic E-state index is -0.235. The van der Waals surface area contributed by atoms with Gasteiger partial charge in [0.25, 0.3) is 0 Å². The van der Waals surface area contributed by atoms with Crippen molar-refractivity contribution < 1.29 is 4.74 Å². The minimum Gasteiger partial charge on any atom is -0.361 e. The summed E-state index contributed by atoms with van der Waals surface area (Å²) < 4.78 is 5.28. The van der Waals surface area contributed by atoms with E-state index in [1.807, 2.05) is 0 Å². The molecule has 1 heterocycles. The number of hydrogen-bond donors (Lipinski definition) is 1. The molecule has 4 heteroatoms. The van der Waals surface area contributed by atoms with Gasteiger partial charge in [0.1, 0.15) is 0 Å². The third-order valence-corrected chi connectivity index (χ3v) is 3.16. The van der Waals surface area contributed by atoms with Crippen LogP contribution in [0.2, 0.25) is 0 Å². The summed E-state index contributed by atoms with van der Waals surface area (Å²) in [6.07, 6.45) is 0.916. The fourth-order valence-corrected chi connectivity index (χ4v) is 2.00. The lowest BCUT2D eigenvalue weighted by molar-refractivity contribution is -0.00408. The standard InChI is InChI=1S/C10H18N2OS/c1-2-9(8-14)6-12-3-4-13-10(5-11)7-12/h9-10,14H,2-4,6-8H2,1H3. The van der Waals surface area contributed by atoms with Crippen molar-refractivity contribution in [1.82, 2.24) is 4.90 Å². The maximum absolute atomic E-state index is 8.74. The Kier molecular flexibility index (Phi) is 5.31. The van der Waals surface area contributed by atoms with Crippen molar-refractivity contribution in [3.05, 3.63) is 0 Å². The SMILES string of the molecule is CCC(CS)CN1CCOC(C#N)C1. The first-order valence-electron chi connectivity index (χ1n) is 5.14. The van der Waals surface area contributed by atoms with Crippen LogP contribution in [0.4, 0.5) is 0 Å². The van der Waals surface area contributed by atoms with Crippen molar-refractivity contribution >= 4 is 12.6 Å². The lowest BCUT2D eigenvalue weighted by atomic mass is 10.1. The number of nitriles is 1. The third-order valence-electron chi connectivity index (χ3n) is 2.65. The first-order valence-corrected chi connectivity index (χ1v) is 5.77. The summed E-state index contributed by atoms with van der Waals surface area (Å²) in [4.78, 5) is 2.31. The number of morpholine rings is 1. The first-order chi connectivity index (χ1) is 6.80. The van der Waals surface area contributed by atoms with Gasteiger partial charge < -0.3 is 4.74 Å². The number of rotatable bonds is 4. The molecule has 1 fully saturated rings. The summed E-state index contributed by atoms with van der Waals surface area (Å²) in [7, 11) is 0. The first kappa shape index (κ1) is 11.8. The molecule has 3 nitrogen and oxygen atoms in total. The molecule has 0 N–H and O–H groups in total. The van der Waals surface area contributed by atoms with Gasteiger partial charge in [0, 0.05) is 19.6 Å². The van der Waals surface area contributed by atoms with E-state index < -0.39 is 0 Å². The highest BCUT2D eigenvalue weighted by atomic mass is 32.1. The van der Waals surface area contributed by atoms with Gasteiger partial charge in [-0.3, -0.25) is 4.90 Å². The van der Waals surface area contributed by atoms with Gasteiger partial charge in [-0.1, -0.05) is 13.3 Å². The molecule has 0 aromatic carbocycles. The Morgan fingerprint density at radius 3 is 3.07 bits per heavy atom. The van der Waals surface area contributed by atoms with Gasteiger partial charge in [-0.2, -0.15) is 17.9 Å². The van der Waals surface area contributed by atoms with Crippen molar-refractivity contribution in [1.29, 1.82) is 5.26 Å². The van der Waals surface area contributed by atoms with Gasteiger partial charge in [-0.25, -0.2) is 0 Å². The molecule has 0 spiro atoms. The van der Waals surface area contributed by atoms with Crippen molar-refractivity contribution in [2.75, 3.05) is 32.0 Å². The number of hydrogen-bond acceptors (Lipinski definition) is 4. The van der Waals surface area contributed by atoms with Crippen LogP contribution in [-0.2, 0) is 4.74 Å². The van der Waals surface area contributed by atoms with Gasteiger partial charge in [0.15, 0.2) is 6.10 Å². The molecule has 0 bridgehead atoms. The predicted molar refractivity (Wildman–Crippen MR) is 59.4 cm³/mol. The summed E-state index contributed by atoms with van der Waals surface area (Å²) in [6.45, 7) is 5.61. The molecule has 1 rings (SSSR count). The Morgan fingerprint density at radius 2 is 2.50 bits per heavy atom. The molecule has 1 aliphatic heterocycles. The molecule has 2 atom stereocenters. The van der Waals surface area contributed by atoms with E-state index in [0.717, 1.165) is 31.8 Å². The molecule has 0 aromatic rings. The number of ether oxygens (including phenoxy) is 1. The van der Waals surface area contributed by atoms with Crippen LogP contribution in [0.3, 0.4) is 0 Å². The predicted octanol–water partition coefficient (Wildman–Crippen LogP) is 1.17. The fourth-order valence-electron chi connectivity index (χ4n) is 1.63. The van der Waals surface area contributed by atoms with E-state index in [-0.39, 0.29) is 6.10 Å². The van der Waals surface area contributed by atoms with Crippen LogP contribution < -0.4 is 0 Å². The average molecular weight is 214 g/mol. The van der Waals surface area contributed by atoms with E-state index in [9.17, 15) is 0 Å². The van der Waals surface area contributed by atoms with Gasteiger partial charge in [-0.15, -0.1) is 0 Å². The van der Waals surface area contributed by atoms with Crippen molar-refractivity contribution in [3.8, 4) is 6.07 Å². The maximum atomic E-state index is 8.74. The largest absolute Gasteiger partial charge is 0.361 e. The van der Waals surface area contributed by atoms with E-state index in [4.69, 9.17) is 10.00 Å². The molecule has 1 aliphatic rings. The zero-order chi connectivity index (χ0) is 10.4. The zero-order valence-corrected chi connectivity index (χ0v) is 9.54. The van der Waals surface area contributed by atoms with Crippen molar-refractivity contribution in [3.63, 3.8) is 0 Å². The Labute approximate surface area is 91.4 Å². The maximum Gasteiger partial charge on any atom is 0.156 e. The van der Waals surface area contributed by atoms with Crippen LogP contribution in [0.25, 0.3) is 0 Å². The highest BCUT2D eigenvalue weighted by Crippen LogP contribution is 2.11. The molecular weight excluding hydrogens is 196 g/mol. The third kappa shape index (κ3) is 3.49. The fraction of sp³-hybridized carbons (Fsp3) is 0.900. The molecule has 14 heavy (non-hydrogen) atoms.